The molecule has 0 saturated carbocycles. The first-order chi connectivity index (χ1) is 12.0. The zero-order chi connectivity index (χ0) is 18.7. The fourth-order valence-corrected chi connectivity index (χ4v) is 2.10. The maximum Gasteiger partial charge on any atom is 0.337 e. The van der Waals surface area contributed by atoms with Crippen molar-refractivity contribution in [1.82, 2.24) is 16.0 Å². The molecule has 138 valence electrons. The molecular weight excluding hydrogens is 324 g/mol. The molecule has 0 unspecified atom stereocenters. The minimum atomic E-state index is -0.610. The molecule has 8 heteroatoms. The summed E-state index contributed by atoms with van der Waals surface area (Å²) in [5.74, 6) is -1.33. The van der Waals surface area contributed by atoms with Crippen LogP contribution in [0.1, 0.15) is 43.9 Å². The summed E-state index contributed by atoms with van der Waals surface area (Å²) in [5.41, 5.74) is 6.00. The summed E-state index contributed by atoms with van der Waals surface area (Å²) < 4.78 is 4.69. The molecule has 0 heterocycles. The fraction of sp³-hybridized carbons (Fsp3) is 0.471. The summed E-state index contributed by atoms with van der Waals surface area (Å²) in [6.45, 7) is 2.14. The van der Waals surface area contributed by atoms with Gasteiger partial charge >= 0.3 is 5.97 Å². The Labute approximate surface area is 147 Å². The SMILES string of the molecule is CNCCCNC(=O)c1cc(C(=O)NCCCN)cc(C(=O)OC)c1. The van der Waals surface area contributed by atoms with Crippen molar-refractivity contribution >= 4 is 17.8 Å². The molecule has 0 saturated heterocycles. The van der Waals surface area contributed by atoms with Crippen LogP contribution in [0.2, 0.25) is 0 Å². The van der Waals surface area contributed by atoms with E-state index < -0.39 is 5.97 Å². The first-order valence-corrected chi connectivity index (χ1v) is 8.18. The molecule has 25 heavy (non-hydrogen) atoms. The maximum absolute atomic E-state index is 12.3. The van der Waals surface area contributed by atoms with E-state index in [1.165, 1.54) is 25.3 Å². The lowest BCUT2D eigenvalue weighted by molar-refractivity contribution is 0.0600. The number of esters is 1. The van der Waals surface area contributed by atoms with Crippen LogP contribution in [0.3, 0.4) is 0 Å². The molecule has 0 aliphatic carbocycles. The number of methoxy groups -OCH3 is 1. The number of ether oxygens (including phenoxy) is 1. The van der Waals surface area contributed by atoms with Crippen molar-refractivity contribution in [3.63, 3.8) is 0 Å². The lowest BCUT2D eigenvalue weighted by Crippen LogP contribution is -2.29. The van der Waals surface area contributed by atoms with Crippen LogP contribution < -0.4 is 21.7 Å². The number of rotatable bonds is 10. The van der Waals surface area contributed by atoms with E-state index in [0.717, 1.165) is 13.0 Å². The molecule has 1 aromatic rings. The monoisotopic (exact) mass is 350 g/mol. The molecule has 0 fully saturated rings. The van der Waals surface area contributed by atoms with Crippen LogP contribution in [0.15, 0.2) is 18.2 Å². The first-order valence-electron chi connectivity index (χ1n) is 8.18. The number of nitrogens with two attached hydrogens (primary N) is 1. The second-order valence-electron chi connectivity index (χ2n) is 5.40. The summed E-state index contributed by atoms with van der Waals surface area (Å²) in [6, 6.07) is 4.27. The van der Waals surface area contributed by atoms with E-state index >= 15 is 0 Å². The summed E-state index contributed by atoms with van der Waals surface area (Å²) in [4.78, 5) is 36.3. The van der Waals surface area contributed by atoms with Gasteiger partial charge in [-0.15, -0.1) is 0 Å². The molecular formula is C17H26N4O4. The van der Waals surface area contributed by atoms with E-state index in [-0.39, 0.29) is 28.5 Å². The average molecular weight is 350 g/mol. The third-order valence-corrected chi connectivity index (χ3v) is 3.43. The Hall–Kier alpha value is -2.45. The standard InChI is InChI=1S/C17H26N4O4/c1-19-6-4-8-21-16(23)13-9-12(15(22)20-7-3-5-18)10-14(11-13)17(24)25-2/h9-11,19H,3-8,18H2,1-2H3,(H,20,22)(H,21,23). The zero-order valence-electron chi connectivity index (χ0n) is 14.7. The van der Waals surface area contributed by atoms with Gasteiger partial charge in [-0.1, -0.05) is 0 Å². The molecule has 0 radical (unpaired) electrons. The van der Waals surface area contributed by atoms with Crippen molar-refractivity contribution in [2.24, 2.45) is 5.73 Å². The molecule has 8 nitrogen and oxygen atoms in total. The van der Waals surface area contributed by atoms with Crippen molar-refractivity contribution in [2.75, 3.05) is 40.3 Å². The smallest absolute Gasteiger partial charge is 0.337 e. The molecule has 0 aliphatic heterocycles. The van der Waals surface area contributed by atoms with E-state index in [2.05, 4.69) is 16.0 Å². The van der Waals surface area contributed by atoms with Gasteiger partial charge in [-0.3, -0.25) is 9.59 Å². The van der Waals surface area contributed by atoms with Gasteiger partial charge in [-0.05, 0) is 51.2 Å². The highest BCUT2D eigenvalue weighted by Crippen LogP contribution is 2.12. The molecule has 0 atom stereocenters. The van der Waals surface area contributed by atoms with Gasteiger partial charge in [0.1, 0.15) is 0 Å². The molecule has 1 rings (SSSR count). The quantitative estimate of drug-likeness (QED) is 0.345. The highest BCUT2D eigenvalue weighted by atomic mass is 16.5. The molecule has 0 spiro atoms. The van der Waals surface area contributed by atoms with E-state index in [9.17, 15) is 14.4 Å². The number of nitrogens with one attached hydrogen (secondary N) is 3. The van der Waals surface area contributed by atoms with Crippen LogP contribution in [-0.4, -0.2) is 58.1 Å². The van der Waals surface area contributed by atoms with Crippen LogP contribution in [0.4, 0.5) is 0 Å². The average Bonchev–Trinajstić information content (AvgIpc) is 2.64. The van der Waals surface area contributed by atoms with Gasteiger partial charge in [0.15, 0.2) is 0 Å². The number of hydrogen-bond acceptors (Lipinski definition) is 6. The lowest BCUT2D eigenvalue weighted by Gasteiger charge is -2.10. The Morgan fingerprint density at radius 3 is 1.92 bits per heavy atom. The van der Waals surface area contributed by atoms with Gasteiger partial charge < -0.3 is 26.4 Å². The molecule has 0 bridgehead atoms. The maximum atomic E-state index is 12.3. The first kappa shape index (κ1) is 20.6. The van der Waals surface area contributed by atoms with Gasteiger partial charge in [-0.25, -0.2) is 4.79 Å². The predicted molar refractivity (Wildman–Crippen MR) is 94.7 cm³/mol. The van der Waals surface area contributed by atoms with E-state index in [1.54, 1.807) is 0 Å². The second-order valence-corrected chi connectivity index (χ2v) is 5.40. The second kappa shape index (κ2) is 11.2. The topological polar surface area (TPSA) is 123 Å². The van der Waals surface area contributed by atoms with Gasteiger partial charge in [0, 0.05) is 24.2 Å². The van der Waals surface area contributed by atoms with Crippen molar-refractivity contribution in [2.45, 2.75) is 12.8 Å². The van der Waals surface area contributed by atoms with Crippen molar-refractivity contribution in [1.29, 1.82) is 0 Å². The fourth-order valence-electron chi connectivity index (χ4n) is 2.10. The van der Waals surface area contributed by atoms with Crippen molar-refractivity contribution in [3.05, 3.63) is 34.9 Å². The summed E-state index contributed by atoms with van der Waals surface area (Å²) >= 11 is 0. The molecule has 2 amide bonds. The summed E-state index contributed by atoms with van der Waals surface area (Å²) in [5, 5.41) is 8.44. The van der Waals surface area contributed by atoms with Gasteiger partial charge in [0.25, 0.3) is 11.8 Å². The highest BCUT2D eigenvalue weighted by Gasteiger charge is 2.16. The summed E-state index contributed by atoms with van der Waals surface area (Å²) in [7, 11) is 3.07. The lowest BCUT2D eigenvalue weighted by atomic mass is 10.0. The van der Waals surface area contributed by atoms with Crippen LogP contribution >= 0.6 is 0 Å². The Kier molecular flexibility index (Phi) is 9.20. The molecule has 5 N–H and O–H groups in total. The number of amides is 2. The van der Waals surface area contributed by atoms with Gasteiger partial charge in [-0.2, -0.15) is 0 Å². The minimum absolute atomic E-state index is 0.148. The number of carbonyl (C=O) groups excluding carboxylic acids is 3. The van der Waals surface area contributed by atoms with Crippen LogP contribution in [0.5, 0.6) is 0 Å². The summed E-state index contributed by atoms with van der Waals surface area (Å²) in [6.07, 6.45) is 1.41. The third-order valence-electron chi connectivity index (χ3n) is 3.43. The number of hydrogen-bond donors (Lipinski definition) is 4. The van der Waals surface area contributed by atoms with Gasteiger partial charge in [0.2, 0.25) is 0 Å². The minimum Gasteiger partial charge on any atom is -0.465 e. The highest BCUT2D eigenvalue weighted by molar-refractivity contribution is 6.03. The van der Waals surface area contributed by atoms with Crippen molar-refractivity contribution in [3.8, 4) is 0 Å². The molecule has 1 aromatic carbocycles. The Bertz CT molecular complexity index is 604. The van der Waals surface area contributed by atoms with E-state index in [4.69, 9.17) is 10.5 Å². The van der Waals surface area contributed by atoms with Crippen LogP contribution in [0, 0.1) is 0 Å². The molecule has 0 aliphatic rings. The normalized spacial score (nSPS) is 10.2. The number of benzene rings is 1. The largest absolute Gasteiger partial charge is 0.465 e. The van der Waals surface area contributed by atoms with E-state index in [1.807, 2.05) is 7.05 Å². The van der Waals surface area contributed by atoms with Crippen molar-refractivity contribution < 1.29 is 19.1 Å². The van der Waals surface area contributed by atoms with Crippen LogP contribution in [-0.2, 0) is 4.74 Å². The number of carbonyl (C=O) groups is 3. The predicted octanol–water partition coefficient (Wildman–Crippen LogP) is -0.109. The third kappa shape index (κ3) is 6.90. The Balaban J connectivity index is 2.95. The van der Waals surface area contributed by atoms with E-state index in [0.29, 0.717) is 26.1 Å². The van der Waals surface area contributed by atoms with Gasteiger partial charge in [0.05, 0.1) is 12.7 Å². The Morgan fingerprint density at radius 2 is 1.44 bits per heavy atom. The Morgan fingerprint density at radius 1 is 0.920 bits per heavy atom. The zero-order valence-corrected chi connectivity index (χ0v) is 14.7. The molecule has 0 aromatic heterocycles. The van der Waals surface area contributed by atoms with Crippen LogP contribution in [0.25, 0.3) is 0 Å².